The van der Waals surface area contributed by atoms with Crippen molar-refractivity contribution in [3.05, 3.63) is 53.1 Å². The highest BCUT2D eigenvalue weighted by Crippen LogP contribution is 2.37. The number of amides is 2. The van der Waals surface area contributed by atoms with Crippen molar-refractivity contribution in [1.82, 2.24) is 0 Å². The molecule has 4 rings (SSSR count). The lowest BCUT2D eigenvalue weighted by atomic mass is 9.79. The van der Waals surface area contributed by atoms with Gasteiger partial charge < -0.3 is 15.0 Å². The molecule has 5 nitrogen and oxygen atoms in total. The largest absolute Gasteiger partial charge is 0.482 e. The van der Waals surface area contributed by atoms with Crippen LogP contribution in [0.1, 0.15) is 57.4 Å². The van der Waals surface area contributed by atoms with Crippen molar-refractivity contribution in [1.29, 1.82) is 0 Å². The van der Waals surface area contributed by atoms with Gasteiger partial charge >= 0.3 is 0 Å². The van der Waals surface area contributed by atoms with Crippen molar-refractivity contribution in [2.24, 2.45) is 11.8 Å². The Balaban J connectivity index is 1.44. The summed E-state index contributed by atoms with van der Waals surface area (Å²) in [5.74, 6) is 1.42. The molecule has 1 aliphatic carbocycles. The molecular formula is C26H31ClN2O3. The van der Waals surface area contributed by atoms with Gasteiger partial charge in [-0.1, -0.05) is 49.9 Å². The Morgan fingerprint density at radius 2 is 1.97 bits per heavy atom. The number of ether oxygens (including phenoxy) is 1. The highest BCUT2D eigenvalue weighted by molar-refractivity contribution is 6.30. The van der Waals surface area contributed by atoms with E-state index in [1.54, 1.807) is 4.90 Å². The maximum Gasteiger partial charge on any atom is 0.265 e. The van der Waals surface area contributed by atoms with E-state index < -0.39 is 0 Å². The van der Waals surface area contributed by atoms with Crippen LogP contribution in [0.5, 0.6) is 5.75 Å². The van der Waals surface area contributed by atoms with E-state index in [0.717, 1.165) is 37.2 Å². The quantitative estimate of drug-likeness (QED) is 0.541. The minimum absolute atomic E-state index is 0.000539. The van der Waals surface area contributed by atoms with Crippen LogP contribution in [-0.4, -0.2) is 18.4 Å². The molecule has 1 N–H and O–H groups in total. The summed E-state index contributed by atoms with van der Waals surface area (Å²) in [4.78, 5) is 27.2. The summed E-state index contributed by atoms with van der Waals surface area (Å²) in [6.07, 6.45) is 7.98. The van der Waals surface area contributed by atoms with Crippen molar-refractivity contribution >= 4 is 34.8 Å². The number of hydrogen-bond acceptors (Lipinski definition) is 3. The van der Waals surface area contributed by atoms with Gasteiger partial charge in [0.1, 0.15) is 5.75 Å². The van der Waals surface area contributed by atoms with Crippen LogP contribution in [0.2, 0.25) is 5.02 Å². The molecule has 0 aromatic heterocycles. The molecule has 0 saturated heterocycles. The summed E-state index contributed by atoms with van der Waals surface area (Å²) in [6.45, 7) is 2.63. The van der Waals surface area contributed by atoms with Crippen molar-refractivity contribution in [3.8, 4) is 5.75 Å². The van der Waals surface area contributed by atoms with E-state index in [2.05, 4.69) is 12.2 Å². The first kappa shape index (κ1) is 22.7. The summed E-state index contributed by atoms with van der Waals surface area (Å²) < 4.78 is 5.62. The molecule has 0 bridgehead atoms. The van der Waals surface area contributed by atoms with Crippen LogP contribution in [0, 0.1) is 11.8 Å². The van der Waals surface area contributed by atoms with Crippen LogP contribution in [0.3, 0.4) is 0 Å². The third-order valence-electron chi connectivity index (χ3n) is 6.58. The van der Waals surface area contributed by atoms with E-state index in [1.807, 2.05) is 42.5 Å². The molecule has 1 aliphatic heterocycles. The zero-order valence-electron chi connectivity index (χ0n) is 18.6. The lowest BCUT2D eigenvalue weighted by Crippen LogP contribution is -2.38. The molecule has 2 aromatic carbocycles. The molecule has 32 heavy (non-hydrogen) atoms. The van der Waals surface area contributed by atoms with Gasteiger partial charge in [0.2, 0.25) is 5.91 Å². The first-order chi connectivity index (χ1) is 15.5. The number of fused-ring (bicyclic) bond motifs is 1. The number of unbranched alkanes of at least 4 members (excludes halogenated alkanes) is 1. The fraction of sp³-hybridized carbons (Fsp3) is 0.462. The monoisotopic (exact) mass is 454 g/mol. The maximum absolute atomic E-state index is 12.9. The topological polar surface area (TPSA) is 58.6 Å². The van der Waals surface area contributed by atoms with Crippen molar-refractivity contribution in [2.45, 2.75) is 58.4 Å². The second-order valence-electron chi connectivity index (χ2n) is 8.93. The van der Waals surface area contributed by atoms with Crippen LogP contribution in [-0.2, 0) is 16.1 Å². The van der Waals surface area contributed by atoms with Gasteiger partial charge in [-0.3, -0.25) is 9.59 Å². The molecule has 2 aliphatic rings. The molecule has 0 unspecified atom stereocenters. The van der Waals surface area contributed by atoms with E-state index in [-0.39, 0.29) is 24.3 Å². The number of nitrogens with zero attached hydrogens (tertiary/aromatic N) is 1. The highest BCUT2D eigenvalue weighted by Gasteiger charge is 2.28. The van der Waals surface area contributed by atoms with Gasteiger partial charge in [-0.05, 0) is 67.5 Å². The summed E-state index contributed by atoms with van der Waals surface area (Å²) in [6, 6.07) is 13.0. The number of benzene rings is 2. The Bertz CT molecular complexity index is 969. The van der Waals surface area contributed by atoms with Crippen molar-refractivity contribution in [2.75, 3.05) is 16.8 Å². The lowest BCUT2D eigenvalue weighted by molar-refractivity contribution is -0.121. The minimum atomic E-state index is -0.119. The zero-order chi connectivity index (χ0) is 22.5. The van der Waals surface area contributed by atoms with Gasteiger partial charge in [0.15, 0.2) is 6.61 Å². The minimum Gasteiger partial charge on any atom is -0.482 e. The predicted octanol–water partition coefficient (Wildman–Crippen LogP) is 6.20. The number of nitrogens with one attached hydrogen (secondary N) is 1. The number of halogens is 1. The van der Waals surface area contributed by atoms with E-state index in [4.69, 9.17) is 16.3 Å². The zero-order valence-corrected chi connectivity index (χ0v) is 19.4. The van der Waals surface area contributed by atoms with Crippen molar-refractivity contribution in [3.63, 3.8) is 0 Å². The Morgan fingerprint density at radius 3 is 2.72 bits per heavy atom. The third kappa shape index (κ3) is 5.44. The first-order valence-corrected chi connectivity index (χ1v) is 12.0. The molecule has 2 aromatic rings. The van der Waals surface area contributed by atoms with Gasteiger partial charge in [0.05, 0.1) is 12.2 Å². The highest BCUT2D eigenvalue weighted by atomic mass is 35.5. The van der Waals surface area contributed by atoms with Crippen LogP contribution < -0.4 is 15.0 Å². The molecule has 170 valence electrons. The Labute approximate surface area is 195 Å². The lowest BCUT2D eigenvalue weighted by Gasteiger charge is -2.30. The van der Waals surface area contributed by atoms with Gasteiger partial charge in [-0.2, -0.15) is 0 Å². The Hall–Kier alpha value is -2.53. The summed E-state index contributed by atoms with van der Waals surface area (Å²) in [7, 11) is 0. The number of carbonyl (C=O) groups is 2. The smallest absolute Gasteiger partial charge is 0.265 e. The second-order valence-corrected chi connectivity index (χ2v) is 9.37. The average molecular weight is 455 g/mol. The molecule has 0 spiro atoms. The normalized spacial score (nSPS) is 20.4. The summed E-state index contributed by atoms with van der Waals surface area (Å²) in [5, 5.41) is 3.71. The van der Waals surface area contributed by atoms with Gasteiger partial charge in [0, 0.05) is 16.6 Å². The average Bonchev–Trinajstić information content (AvgIpc) is 2.80. The number of hydrogen-bond donors (Lipinski definition) is 1. The second kappa shape index (κ2) is 10.4. The van der Waals surface area contributed by atoms with Gasteiger partial charge in [-0.15, -0.1) is 0 Å². The molecule has 0 radical (unpaired) electrons. The van der Waals surface area contributed by atoms with E-state index >= 15 is 0 Å². The SMILES string of the molecule is CCCCC1CCC(C(=O)Nc2ccc3c(c2)N(Cc2cccc(Cl)c2)C(=O)CO3)CC1. The Kier molecular flexibility index (Phi) is 7.36. The van der Waals surface area contributed by atoms with Gasteiger partial charge in [-0.25, -0.2) is 0 Å². The van der Waals surface area contributed by atoms with Crippen LogP contribution in [0.4, 0.5) is 11.4 Å². The van der Waals surface area contributed by atoms with E-state index in [1.165, 1.54) is 19.3 Å². The van der Waals surface area contributed by atoms with Crippen LogP contribution in [0.25, 0.3) is 0 Å². The van der Waals surface area contributed by atoms with Crippen molar-refractivity contribution < 1.29 is 14.3 Å². The molecule has 1 heterocycles. The van der Waals surface area contributed by atoms with Crippen LogP contribution in [0.15, 0.2) is 42.5 Å². The predicted molar refractivity (Wildman–Crippen MR) is 128 cm³/mol. The third-order valence-corrected chi connectivity index (χ3v) is 6.82. The molecule has 1 fully saturated rings. The fourth-order valence-corrected chi connectivity index (χ4v) is 4.93. The molecular weight excluding hydrogens is 424 g/mol. The summed E-state index contributed by atoms with van der Waals surface area (Å²) >= 11 is 6.11. The van der Waals surface area contributed by atoms with E-state index in [9.17, 15) is 9.59 Å². The number of carbonyl (C=O) groups excluding carboxylic acids is 2. The summed E-state index contributed by atoms with van der Waals surface area (Å²) in [5.41, 5.74) is 2.30. The number of rotatable bonds is 7. The first-order valence-electron chi connectivity index (χ1n) is 11.7. The molecule has 0 atom stereocenters. The molecule has 6 heteroatoms. The standard InChI is InChI=1S/C26H31ClN2O3/c1-2-3-5-18-8-10-20(11-9-18)26(31)28-22-12-13-24-23(15-22)29(25(30)17-32-24)16-19-6-4-7-21(27)14-19/h4,6-7,12-15,18,20H,2-3,5,8-11,16-17H2,1H3,(H,28,31). The number of anilines is 2. The maximum atomic E-state index is 12.9. The molecule has 1 saturated carbocycles. The van der Waals surface area contributed by atoms with Gasteiger partial charge in [0.25, 0.3) is 5.91 Å². The fourth-order valence-electron chi connectivity index (χ4n) is 4.72. The molecule has 2 amide bonds. The van der Waals surface area contributed by atoms with Crippen LogP contribution >= 0.6 is 11.6 Å². The Morgan fingerprint density at radius 1 is 1.16 bits per heavy atom. The van der Waals surface area contributed by atoms with E-state index in [0.29, 0.717) is 28.7 Å².